The highest BCUT2D eigenvalue weighted by atomic mass is 16.5. The van der Waals surface area contributed by atoms with Crippen LogP contribution in [-0.2, 0) is 4.74 Å². The molecule has 124 valence electrons. The van der Waals surface area contributed by atoms with Crippen molar-refractivity contribution in [1.82, 2.24) is 5.32 Å². The summed E-state index contributed by atoms with van der Waals surface area (Å²) in [5.41, 5.74) is 0. The molecular formula is C18H35NO2. The summed E-state index contributed by atoms with van der Waals surface area (Å²) in [6, 6.07) is 0.596. The SMILES string of the molecule is CC1CCCC(NCC(O)COC2CCCCC2C)CC1. The van der Waals surface area contributed by atoms with Crippen LogP contribution in [0.3, 0.4) is 0 Å². The van der Waals surface area contributed by atoms with Crippen LogP contribution in [0.5, 0.6) is 0 Å². The Hall–Kier alpha value is -0.120. The van der Waals surface area contributed by atoms with Gasteiger partial charge in [-0.1, -0.05) is 39.5 Å². The van der Waals surface area contributed by atoms with Crippen LogP contribution in [-0.4, -0.2) is 36.5 Å². The van der Waals surface area contributed by atoms with E-state index in [0.717, 1.165) is 5.92 Å². The molecule has 0 aliphatic heterocycles. The Bertz CT molecular complexity index is 284. The molecule has 0 radical (unpaired) electrons. The molecule has 5 unspecified atom stereocenters. The molecule has 2 saturated carbocycles. The number of nitrogens with one attached hydrogen (secondary N) is 1. The van der Waals surface area contributed by atoms with Crippen LogP contribution in [0.2, 0.25) is 0 Å². The molecule has 3 heteroatoms. The van der Waals surface area contributed by atoms with Gasteiger partial charge in [0, 0.05) is 12.6 Å². The van der Waals surface area contributed by atoms with Gasteiger partial charge in [-0.25, -0.2) is 0 Å². The Labute approximate surface area is 130 Å². The fourth-order valence-electron chi connectivity index (χ4n) is 3.82. The minimum absolute atomic E-state index is 0.361. The number of aliphatic hydroxyl groups is 1. The lowest BCUT2D eigenvalue weighted by atomic mass is 9.88. The van der Waals surface area contributed by atoms with E-state index < -0.39 is 0 Å². The molecule has 0 saturated heterocycles. The smallest absolute Gasteiger partial charge is 0.0897 e. The maximum absolute atomic E-state index is 10.1. The normalized spacial score (nSPS) is 36.1. The first-order valence-electron chi connectivity index (χ1n) is 9.18. The zero-order valence-corrected chi connectivity index (χ0v) is 14.0. The highest BCUT2D eigenvalue weighted by molar-refractivity contribution is 4.76. The second-order valence-electron chi connectivity index (χ2n) is 7.51. The largest absolute Gasteiger partial charge is 0.389 e. The molecule has 2 rings (SSSR count). The molecule has 0 aromatic carbocycles. The average molecular weight is 297 g/mol. The Balaban J connectivity index is 1.59. The first-order chi connectivity index (χ1) is 10.1. The van der Waals surface area contributed by atoms with Crippen molar-refractivity contribution < 1.29 is 9.84 Å². The van der Waals surface area contributed by atoms with Gasteiger partial charge in [0.05, 0.1) is 18.8 Å². The molecule has 2 fully saturated rings. The van der Waals surface area contributed by atoms with Crippen LogP contribution in [0.15, 0.2) is 0 Å². The summed E-state index contributed by atoms with van der Waals surface area (Å²) in [5.74, 6) is 1.53. The number of rotatable bonds is 6. The Morgan fingerprint density at radius 3 is 2.62 bits per heavy atom. The van der Waals surface area contributed by atoms with Crippen LogP contribution in [0.4, 0.5) is 0 Å². The van der Waals surface area contributed by atoms with Gasteiger partial charge in [0.2, 0.25) is 0 Å². The summed E-state index contributed by atoms with van der Waals surface area (Å²) in [4.78, 5) is 0. The van der Waals surface area contributed by atoms with Crippen LogP contribution >= 0.6 is 0 Å². The minimum Gasteiger partial charge on any atom is -0.389 e. The molecule has 2 aliphatic carbocycles. The first kappa shape index (κ1) is 17.2. The molecule has 0 amide bonds. The van der Waals surface area contributed by atoms with E-state index >= 15 is 0 Å². The van der Waals surface area contributed by atoms with Crippen molar-refractivity contribution in [2.24, 2.45) is 11.8 Å². The third-order valence-electron chi connectivity index (χ3n) is 5.44. The van der Waals surface area contributed by atoms with E-state index in [-0.39, 0.29) is 6.10 Å². The predicted octanol–water partition coefficient (Wildman–Crippen LogP) is 3.50. The third kappa shape index (κ3) is 6.25. The second kappa shape index (κ2) is 9.12. The Kier molecular flexibility index (Phi) is 7.48. The number of hydrogen-bond donors (Lipinski definition) is 2. The van der Waals surface area contributed by atoms with Gasteiger partial charge in [0.15, 0.2) is 0 Å². The van der Waals surface area contributed by atoms with Crippen molar-refractivity contribution in [1.29, 1.82) is 0 Å². The quantitative estimate of drug-likeness (QED) is 0.737. The maximum atomic E-state index is 10.1. The summed E-state index contributed by atoms with van der Waals surface area (Å²) < 4.78 is 5.95. The average Bonchev–Trinajstić information content (AvgIpc) is 2.69. The minimum atomic E-state index is -0.361. The molecule has 3 nitrogen and oxygen atoms in total. The van der Waals surface area contributed by atoms with Crippen molar-refractivity contribution in [3.8, 4) is 0 Å². The second-order valence-corrected chi connectivity index (χ2v) is 7.51. The van der Waals surface area contributed by atoms with E-state index in [9.17, 15) is 5.11 Å². The molecular weight excluding hydrogens is 262 g/mol. The zero-order valence-electron chi connectivity index (χ0n) is 14.0. The van der Waals surface area contributed by atoms with E-state index in [4.69, 9.17) is 4.74 Å². The Morgan fingerprint density at radius 2 is 1.81 bits per heavy atom. The lowest BCUT2D eigenvalue weighted by Crippen LogP contribution is -2.38. The monoisotopic (exact) mass is 297 g/mol. The molecule has 2 N–H and O–H groups in total. The molecule has 0 heterocycles. The van der Waals surface area contributed by atoms with Gasteiger partial charge in [-0.2, -0.15) is 0 Å². The lowest BCUT2D eigenvalue weighted by Gasteiger charge is -2.29. The van der Waals surface area contributed by atoms with Gasteiger partial charge in [0.25, 0.3) is 0 Å². The molecule has 5 atom stereocenters. The van der Waals surface area contributed by atoms with Gasteiger partial charge in [-0.3, -0.25) is 0 Å². The van der Waals surface area contributed by atoms with Gasteiger partial charge < -0.3 is 15.2 Å². The van der Waals surface area contributed by atoms with Gasteiger partial charge >= 0.3 is 0 Å². The van der Waals surface area contributed by atoms with Gasteiger partial charge in [-0.05, 0) is 43.9 Å². The number of hydrogen-bond acceptors (Lipinski definition) is 3. The summed E-state index contributed by atoms with van der Waals surface area (Å²) in [5, 5.41) is 13.7. The third-order valence-corrected chi connectivity index (χ3v) is 5.44. The molecule has 0 bridgehead atoms. The van der Waals surface area contributed by atoms with Crippen molar-refractivity contribution in [3.63, 3.8) is 0 Å². The molecule has 0 aromatic rings. The predicted molar refractivity (Wildman–Crippen MR) is 87.4 cm³/mol. The molecule has 0 aromatic heterocycles. The van der Waals surface area contributed by atoms with Crippen molar-refractivity contribution in [2.45, 2.75) is 89.9 Å². The van der Waals surface area contributed by atoms with E-state index in [2.05, 4.69) is 19.2 Å². The lowest BCUT2D eigenvalue weighted by molar-refractivity contribution is -0.0457. The van der Waals surface area contributed by atoms with Crippen molar-refractivity contribution in [2.75, 3.05) is 13.2 Å². The summed E-state index contributed by atoms with van der Waals surface area (Å²) in [6.07, 6.45) is 11.6. The molecule has 2 aliphatic rings. The van der Waals surface area contributed by atoms with Crippen molar-refractivity contribution in [3.05, 3.63) is 0 Å². The van der Waals surface area contributed by atoms with E-state index in [0.29, 0.717) is 31.2 Å². The van der Waals surface area contributed by atoms with Gasteiger partial charge in [-0.15, -0.1) is 0 Å². The Morgan fingerprint density at radius 1 is 1.00 bits per heavy atom. The zero-order chi connectivity index (χ0) is 15.1. The van der Waals surface area contributed by atoms with Crippen LogP contribution in [0.1, 0.15) is 71.6 Å². The number of ether oxygens (including phenoxy) is 1. The highest BCUT2D eigenvalue weighted by Gasteiger charge is 2.23. The standard InChI is InChI=1S/C18H35NO2/c1-14-6-5-8-16(11-10-14)19-12-17(20)13-21-18-9-4-3-7-15(18)2/h14-20H,3-13H2,1-2H3. The van der Waals surface area contributed by atoms with Crippen LogP contribution < -0.4 is 5.32 Å². The molecule has 21 heavy (non-hydrogen) atoms. The number of aliphatic hydroxyl groups excluding tert-OH is 1. The van der Waals surface area contributed by atoms with E-state index in [1.165, 1.54) is 57.8 Å². The van der Waals surface area contributed by atoms with Crippen LogP contribution in [0, 0.1) is 11.8 Å². The fraction of sp³-hybridized carbons (Fsp3) is 1.00. The van der Waals surface area contributed by atoms with E-state index in [1.807, 2.05) is 0 Å². The van der Waals surface area contributed by atoms with Crippen molar-refractivity contribution >= 4 is 0 Å². The fourth-order valence-corrected chi connectivity index (χ4v) is 3.82. The highest BCUT2D eigenvalue weighted by Crippen LogP contribution is 2.26. The summed E-state index contributed by atoms with van der Waals surface area (Å²) in [7, 11) is 0. The summed E-state index contributed by atoms with van der Waals surface area (Å²) >= 11 is 0. The summed E-state index contributed by atoms with van der Waals surface area (Å²) in [6.45, 7) is 5.81. The van der Waals surface area contributed by atoms with Crippen LogP contribution in [0.25, 0.3) is 0 Å². The molecule has 0 spiro atoms. The topological polar surface area (TPSA) is 41.5 Å². The van der Waals surface area contributed by atoms with E-state index in [1.54, 1.807) is 0 Å². The van der Waals surface area contributed by atoms with Gasteiger partial charge in [0.1, 0.15) is 0 Å². The first-order valence-corrected chi connectivity index (χ1v) is 9.18. The maximum Gasteiger partial charge on any atom is 0.0897 e.